The Bertz CT molecular complexity index is 387. The molecular weight excluding hydrogens is 199 g/mol. The molecule has 1 atom stereocenters. The zero-order valence-corrected chi connectivity index (χ0v) is 8.24. The summed E-state index contributed by atoms with van der Waals surface area (Å²) in [6, 6.07) is 4.03. The Balaban J connectivity index is 3.06. The van der Waals surface area contributed by atoms with E-state index in [1.54, 1.807) is 0 Å². The Kier molecular flexibility index (Phi) is 3.55. The van der Waals surface area contributed by atoms with Crippen LogP contribution in [0.1, 0.15) is 24.0 Å². The lowest BCUT2D eigenvalue weighted by atomic mass is 9.98. The quantitative estimate of drug-likeness (QED) is 0.770. The van der Waals surface area contributed by atoms with Gasteiger partial charge in [0.05, 0.1) is 5.92 Å². The largest absolute Gasteiger partial charge is 0.481 e. The molecular formula is C11H11FO3. The van der Waals surface area contributed by atoms with Gasteiger partial charge >= 0.3 is 5.97 Å². The Morgan fingerprint density at radius 2 is 2.27 bits per heavy atom. The van der Waals surface area contributed by atoms with E-state index >= 15 is 0 Å². The molecule has 0 saturated carbocycles. The second-order valence-corrected chi connectivity index (χ2v) is 3.28. The van der Waals surface area contributed by atoms with E-state index in [9.17, 15) is 14.0 Å². The molecule has 0 radical (unpaired) electrons. The molecule has 1 unspecified atom stereocenters. The Morgan fingerprint density at radius 3 is 2.80 bits per heavy atom. The highest BCUT2D eigenvalue weighted by Gasteiger charge is 2.15. The summed E-state index contributed by atoms with van der Waals surface area (Å²) < 4.78 is 13.1. The van der Waals surface area contributed by atoms with Crippen LogP contribution in [0.3, 0.4) is 0 Å². The van der Waals surface area contributed by atoms with Crippen LogP contribution in [0.5, 0.6) is 0 Å². The first-order valence-electron chi connectivity index (χ1n) is 4.51. The van der Waals surface area contributed by atoms with E-state index in [1.165, 1.54) is 25.1 Å². The number of hydrogen-bond donors (Lipinski definition) is 1. The lowest BCUT2D eigenvalue weighted by molar-refractivity contribution is -0.138. The lowest BCUT2D eigenvalue weighted by Crippen LogP contribution is -2.08. The maximum absolute atomic E-state index is 13.1. The molecule has 3 nitrogen and oxygen atoms in total. The lowest BCUT2D eigenvalue weighted by Gasteiger charge is -2.08. The van der Waals surface area contributed by atoms with E-state index < -0.39 is 17.7 Å². The van der Waals surface area contributed by atoms with Gasteiger partial charge in [-0.15, -0.1) is 0 Å². The predicted octanol–water partition coefficient (Wildman–Crippen LogP) is 1.76. The van der Waals surface area contributed by atoms with Crippen molar-refractivity contribution in [1.29, 1.82) is 0 Å². The minimum Gasteiger partial charge on any atom is -0.481 e. The zero-order valence-electron chi connectivity index (χ0n) is 8.24. The monoisotopic (exact) mass is 210 g/mol. The smallest absolute Gasteiger partial charge is 0.310 e. The first-order chi connectivity index (χ1) is 7.06. The Labute approximate surface area is 86.5 Å². The van der Waals surface area contributed by atoms with Gasteiger partial charge in [-0.1, -0.05) is 12.1 Å². The van der Waals surface area contributed by atoms with Crippen LogP contribution in [0.15, 0.2) is 18.2 Å². The van der Waals surface area contributed by atoms with Crippen molar-refractivity contribution in [2.45, 2.75) is 19.3 Å². The summed E-state index contributed by atoms with van der Waals surface area (Å²) in [5, 5.41) is 8.76. The molecule has 1 aromatic rings. The van der Waals surface area contributed by atoms with Gasteiger partial charge in [-0.2, -0.15) is 0 Å². The molecule has 0 bridgehead atoms. The molecule has 0 aliphatic heterocycles. The molecule has 4 heteroatoms. The van der Waals surface area contributed by atoms with Gasteiger partial charge in [0.1, 0.15) is 12.1 Å². The summed E-state index contributed by atoms with van der Waals surface area (Å²) in [7, 11) is 0. The third-order valence-electron chi connectivity index (χ3n) is 2.24. The fourth-order valence-corrected chi connectivity index (χ4v) is 1.25. The van der Waals surface area contributed by atoms with Crippen molar-refractivity contribution >= 4 is 12.3 Å². The summed E-state index contributed by atoms with van der Waals surface area (Å²) in [6.07, 6.45) is 0.555. The zero-order chi connectivity index (χ0) is 11.4. The van der Waals surface area contributed by atoms with Crippen LogP contribution in [0.4, 0.5) is 4.39 Å². The number of aliphatic carboxylic acids is 1. The van der Waals surface area contributed by atoms with E-state index in [0.717, 1.165) is 0 Å². The van der Waals surface area contributed by atoms with Crippen molar-refractivity contribution in [3.63, 3.8) is 0 Å². The summed E-state index contributed by atoms with van der Waals surface area (Å²) in [5.41, 5.74) is 0.733. The first-order valence-corrected chi connectivity index (χ1v) is 4.51. The molecule has 15 heavy (non-hydrogen) atoms. The molecule has 1 N–H and O–H groups in total. The average molecular weight is 210 g/mol. The minimum atomic E-state index is -0.973. The van der Waals surface area contributed by atoms with E-state index in [2.05, 4.69) is 0 Å². The van der Waals surface area contributed by atoms with Crippen LogP contribution in [0, 0.1) is 5.82 Å². The van der Waals surface area contributed by atoms with Crippen molar-refractivity contribution in [3.8, 4) is 0 Å². The number of rotatable bonds is 4. The fraction of sp³-hybridized carbons (Fsp3) is 0.273. The fourth-order valence-electron chi connectivity index (χ4n) is 1.25. The molecule has 0 aliphatic carbocycles. The van der Waals surface area contributed by atoms with Crippen molar-refractivity contribution in [2.24, 2.45) is 0 Å². The molecule has 0 spiro atoms. The van der Waals surface area contributed by atoms with Crippen LogP contribution in [-0.2, 0) is 16.0 Å². The van der Waals surface area contributed by atoms with Crippen molar-refractivity contribution in [3.05, 3.63) is 35.1 Å². The summed E-state index contributed by atoms with van der Waals surface area (Å²) in [4.78, 5) is 20.9. The normalized spacial score (nSPS) is 12.1. The van der Waals surface area contributed by atoms with Crippen molar-refractivity contribution in [2.75, 3.05) is 0 Å². The molecule has 0 fully saturated rings. The molecule has 1 rings (SSSR count). The van der Waals surface area contributed by atoms with Gasteiger partial charge in [0.2, 0.25) is 0 Å². The van der Waals surface area contributed by atoms with Gasteiger partial charge in [-0.3, -0.25) is 4.79 Å². The standard InChI is InChI=1S/C11H11FO3/c1-7(11(14)15)8-2-3-10(12)9(6-8)4-5-13/h2-3,5-7H,4H2,1H3,(H,14,15). The van der Waals surface area contributed by atoms with Gasteiger partial charge in [-0.25, -0.2) is 4.39 Å². The topological polar surface area (TPSA) is 54.4 Å². The van der Waals surface area contributed by atoms with E-state index in [1.807, 2.05) is 0 Å². The number of hydrogen-bond acceptors (Lipinski definition) is 2. The summed E-state index contributed by atoms with van der Waals surface area (Å²) >= 11 is 0. The highest BCUT2D eigenvalue weighted by Crippen LogP contribution is 2.19. The van der Waals surface area contributed by atoms with Crippen LogP contribution in [0.25, 0.3) is 0 Å². The highest BCUT2D eigenvalue weighted by atomic mass is 19.1. The molecule has 1 aromatic carbocycles. The van der Waals surface area contributed by atoms with Crippen LogP contribution >= 0.6 is 0 Å². The number of carboxylic acids is 1. The van der Waals surface area contributed by atoms with Crippen molar-refractivity contribution in [1.82, 2.24) is 0 Å². The highest BCUT2D eigenvalue weighted by molar-refractivity contribution is 5.75. The maximum atomic E-state index is 13.1. The number of aldehydes is 1. The maximum Gasteiger partial charge on any atom is 0.310 e. The Hall–Kier alpha value is -1.71. The predicted molar refractivity (Wildman–Crippen MR) is 52.2 cm³/mol. The third-order valence-corrected chi connectivity index (χ3v) is 2.24. The number of carbonyl (C=O) groups is 2. The average Bonchev–Trinajstić information content (AvgIpc) is 2.20. The molecule has 80 valence electrons. The van der Waals surface area contributed by atoms with E-state index in [4.69, 9.17) is 5.11 Å². The van der Waals surface area contributed by atoms with Crippen LogP contribution in [0.2, 0.25) is 0 Å². The van der Waals surface area contributed by atoms with Gasteiger partial charge in [0.15, 0.2) is 0 Å². The molecule has 0 saturated heterocycles. The summed E-state index contributed by atoms with van der Waals surface area (Å²) in [6.45, 7) is 1.51. The Morgan fingerprint density at radius 1 is 1.60 bits per heavy atom. The molecule has 0 aliphatic rings. The van der Waals surface area contributed by atoms with Gasteiger partial charge in [0, 0.05) is 6.42 Å². The van der Waals surface area contributed by atoms with Crippen molar-refractivity contribution < 1.29 is 19.1 Å². The van der Waals surface area contributed by atoms with E-state index in [0.29, 0.717) is 11.8 Å². The number of halogens is 1. The summed E-state index contributed by atoms with van der Waals surface area (Å²) in [5.74, 6) is -2.15. The minimum absolute atomic E-state index is 0.0357. The molecule has 0 heterocycles. The van der Waals surface area contributed by atoms with E-state index in [-0.39, 0.29) is 12.0 Å². The molecule has 0 aromatic heterocycles. The second-order valence-electron chi connectivity index (χ2n) is 3.28. The second kappa shape index (κ2) is 4.68. The van der Waals surface area contributed by atoms with Gasteiger partial charge < -0.3 is 9.90 Å². The number of carbonyl (C=O) groups excluding carboxylic acids is 1. The van der Waals surface area contributed by atoms with Gasteiger partial charge in [0.25, 0.3) is 0 Å². The van der Waals surface area contributed by atoms with Crippen LogP contribution < -0.4 is 0 Å². The molecule has 0 amide bonds. The number of benzene rings is 1. The number of carboxylic acid groups (broad SMARTS) is 1. The first kappa shape index (κ1) is 11.4. The SMILES string of the molecule is CC(C(=O)O)c1ccc(F)c(CC=O)c1. The third kappa shape index (κ3) is 2.62. The van der Waals surface area contributed by atoms with Gasteiger partial charge in [-0.05, 0) is 24.1 Å². The van der Waals surface area contributed by atoms with Crippen LogP contribution in [-0.4, -0.2) is 17.4 Å².